The molecule has 0 aliphatic rings. The fourth-order valence-corrected chi connectivity index (χ4v) is 2.08. The molecule has 4 heteroatoms. The SMILES string of the molecule is CC(C)CNCc1cnoc1-c1ccc(I)cc1. The average Bonchev–Trinajstić information content (AvgIpc) is 2.78. The maximum atomic E-state index is 5.36. The van der Waals surface area contributed by atoms with Crippen LogP contribution in [-0.2, 0) is 6.54 Å². The topological polar surface area (TPSA) is 38.1 Å². The number of rotatable bonds is 5. The zero-order valence-electron chi connectivity index (χ0n) is 10.6. The zero-order valence-corrected chi connectivity index (χ0v) is 12.8. The molecule has 1 aromatic heterocycles. The van der Waals surface area contributed by atoms with E-state index in [0.717, 1.165) is 30.0 Å². The molecule has 0 aliphatic heterocycles. The van der Waals surface area contributed by atoms with Gasteiger partial charge in [-0.25, -0.2) is 0 Å². The van der Waals surface area contributed by atoms with Gasteiger partial charge in [-0.1, -0.05) is 31.1 Å². The second-order valence-electron chi connectivity index (χ2n) is 4.71. The minimum Gasteiger partial charge on any atom is -0.356 e. The molecule has 0 bridgehead atoms. The predicted octanol–water partition coefficient (Wildman–Crippen LogP) is 3.69. The number of halogens is 1. The summed E-state index contributed by atoms with van der Waals surface area (Å²) in [5, 5.41) is 7.31. The van der Waals surface area contributed by atoms with Crippen LogP contribution in [0.3, 0.4) is 0 Å². The minimum absolute atomic E-state index is 0.645. The molecule has 3 nitrogen and oxygen atoms in total. The second kappa shape index (κ2) is 6.33. The van der Waals surface area contributed by atoms with E-state index in [9.17, 15) is 0 Å². The Morgan fingerprint density at radius 2 is 2.00 bits per heavy atom. The molecule has 96 valence electrons. The normalized spacial score (nSPS) is 11.1. The third-order valence-corrected chi connectivity index (χ3v) is 3.34. The molecular weight excluding hydrogens is 339 g/mol. The van der Waals surface area contributed by atoms with Crippen molar-refractivity contribution in [1.82, 2.24) is 10.5 Å². The summed E-state index contributed by atoms with van der Waals surface area (Å²) >= 11 is 2.29. The van der Waals surface area contributed by atoms with Crippen molar-refractivity contribution in [3.8, 4) is 11.3 Å². The number of hydrogen-bond donors (Lipinski definition) is 1. The van der Waals surface area contributed by atoms with Gasteiger partial charge in [0.25, 0.3) is 0 Å². The molecule has 0 atom stereocenters. The Morgan fingerprint density at radius 3 is 2.67 bits per heavy atom. The molecule has 0 amide bonds. The van der Waals surface area contributed by atoms with Crippen molar-refractivity contribution in [2.24, 2.45) is 5.92 Å². The van der Waals surface area contributed by atoms with Crippen molar-refractivity contribution in [2.45, 2.75) is 20.4 Å². The molecule has 0 spiro atoms. The van der Waals surface area contributed by atoms with Crippen molar-refractivity contribution in [3.63, 3.8) is 0 Å². The Balaban J connectivity index is 2.10. The highest BCUT2D eigenvalue weighted by Gasteiger charge is 2.10. The molecule has 0 saturated carbocycles. The highest BCUT2D eigenvalue weighted by Crippen LogP contribution is 2.24. The van der Waals surface area contributed by atoms with E-state index in [4.69, 9.17) is 4.52 Å². The van der Waals surface area contributed by atoms with E-state index in [1.54, 1.807) is 6.20 Å². The van der Waals surface area contributed by atoms with Gasteiger partial charge >= 0.3 is 0 Å². The van der Waals surface area contributed by atoms with E-state index < -0.39 is 0 Å². The average molecular weight is 356 g/mol. The highest BCUT2D eigenvalue weighted by atomic mass is 127. The number of aromatic nitrogens is 1. The summed E-state index contributed by atoms with van der Waals surface area (Å²) in [6, 6.07) is 8.27. The van der Waals surface area contributed by atoms with Crippen LogP contribution in [0.4, 0.5) is 0 Å². The molecule has 18 heavy (non-hydrogen) atoms. The molecule has 0 unspecified atom stereocenters. The summed E-state index contributed by atoms with van der Waals surface area (Å²) in [6.45, 7) is 6.18. The summed E-state index contributed by atoms with van der Waals surface area (Å²) < 4.78 is 6.57. The first-order valence-corrected chi connectivity index (χ1v) is 7.15. The zero-order chi connectivity index (χ0) is 13.0. The molecule has 0 aliphatic carbocycles. The molecule has 2 rings (SSSR count). The lowest BCUT2D eigenvalue weighted by molar-refractivity contribution is 0.431. The van der Waals surface area contributed by atoms with E-state index >= 15 is 0 Å². The quantitative estimate of drug-likeness (QED) is 0.831. The number of benzene rings is 1. The molecule has 1 aromatic carbocycles. The standard InChI is InChI=1S/C14H17IN2O/c1-10(2)7-16-8-12-9-17-18-14(12)11-3-5-13(15)6-4-11/h3-6,9-10,16H,7-8H2,1-2H3. The van der Waals surface area contributed by atoms with Crippen LogP contribution in [0.2, 0.25) is 0 Å². The van der Waals surface area contributed by atoms with Crippen molar-refractivity contribution >= 4 is 22.6 Å². The van der Waals surface area contributed by atoms with Crippen molar-refractivity contribution in [2.75, 3.05) is 6.54 Å². The Kier molecular flexibility index (Phi) is 4.77. The van der Waals surface area contributed by atoms with Gasteiger partial charge in [0.15, 0.2) is 5.76 Å². The molecule has 0 radical (unpaired) electrons. The summed E-state index contributed by atoms with van der Waals surface area (Å²) in [6.07, 6.45) is 1.79. The third kappa shape index (κ3) is 3.55. The molecule has 0 saturated heterocycles. The van der Waals surface area contributed by atoms with Gasteiger partial charge < -0.3 is 9.84 Å². The van der Waals surface area contributed by atoms with Crippen LogP contribution in [0.15, 0.2) is 35.0 Å². The van der Waals surface area contributed by atoms with E-state index in [2.05, 4.69) is 71.2 Å². The van der Waals surface area contributed by atoms with Crippen LogP contribution >= 0.6 is 22.6 Å². The van der Waals surface area contributed by atoms with Gasteiger partial charge in [-0.3, -0.25) is 0 Å². The lowest BCUT2D eigenvalue weighted by atomic mass is 10.1. The van der Waals surface area contributed by atoms with Gasteiger partial charge in [-0.2, -0.15) is 0 Å². The van der Waals surface area contributed by atoms with Gasteiger partial charge in [0.05, 0.1) is 6.20 Å². The highest BCUT2D eigenvalue weighted by molar-refractivity contribution is 14.1. The number of hydrogen-bond acceptors (Lipinski definition) is 3. The Labute approximate surface area is 121 Å². The fraction of sp³-hybridized carbons (Fsp3) is 0.357. The van der Waals surface area contributed by atoms with E-state index in [1.165, 1.54) is 3.57 Å². The van der Waals surface area contributed by atoms with Crippen LogP contribution in [0.1, 0.15) is 19.4 Å². The molecular formula is C14H17IN2O. The van der Waals surface area contributed by atoms with Crippen LogP contribution < -0.4 is 5.32 Å². The first-order valence-electron chi connectivity index (χ1n) is 6.07. The Hall–Kier alpha value is -0.880. The van der Waals surface area contributed by atoms with Crippen LogP contribution in [0, 0.1) is 9.49 Å². The maximum Gasteiger partial charge on any atom is 0.171 e. The minimum atomic E-state index is 0.645. The smallest absolute Gasteiger partial charge is 0.171 e. The summed E-state index contributed by atoms with van der Waals surface area (Å²) in [5.74, 6) is 1.51. The van der Waals surface area contributed by atoms with Gasteiger partial charge in [0.2, 0.25) is 0 Å². The third-order valence-electron chi connectivity index (χ3n) is 2.62. The van der Waals surface area contributed by atoms with E-state index in [-0.39, 0.29) is 0 Å². The molecule has 0 fully saturated rings. The summed E-state index contributed by atoms with van der Waals surface area (Å²) in [7, 11) is 0. The van der Waals surface area contributed by atoms with Gasteiger partial charge in [0, 0.05) is 21.2 Å². The Morgan fingerprint density at radius 1 is 1.28 bits per heavy atom. The van der Waals surface area contributed by atoms with Gasteiger partial charge in [0.1, 0.15) is 0 Å². The van der Waals surface area contributed by atoms with Crippen LogP contribution in [-0.4, -0.2) is 11.7 Å². The van der Waals surface area contributed by atoms with Crippen molar-refractivity contribution < 1.29 is 4.52 Å². The van der Waals surface area contributed by atoms with E-state index in [0.29, 0.717) is 5.92 Å². The number of nitrogens with zero attached hydrogens (tertiary/aromatic N) is 1. The fourth-order valence-electron chi connectivity index (χ4n) is 1.72. The first-order chi connectivity index (χ1) is 8.66. The molecule has 1 N–H and O–H groups in total. The summed E-state index contributed by atoms with van der Waals surface area (Å²) in [4.78, 5) is 0. The summed E-state index contributed by atoms with van der Waals surface area (Å²) in [5.41, 5.74) is 2.19. The molecule has 1 heterocycles. The van der Waals surface area contributed by atoms with Gasteiger partial charge in [-0.05, 0) is 47.2 Å². The first kappa shape index (κ1) is 13.5. The van der Waals surface area contributed by atoms with Crippen molar-refractivity contribution in [3.05, 3.63) is 39.6 Å². The number of nitrogens with one attached hydrogen (secondary N) is 1. The Bertz CT molecular complexity index is 491. The lowest BCUT2D eigenvalue weighted by Gasteiger charge is -2.06. The second-order valence-corrected chi connectivity index (χ2v) is 5.96. The van der Waals surface area contributed by atoms with Crippen LogP contribution in [0.5, 0.6) is 0 Å². The predicted molar refractivity (Wildman–Crippen MR) is 81.2 cm³/mol. The largest absolute Gasteiger partial charge is 0.356 e. The maximum absolute atomic E-state index is 5.36. The lowest BCUT2D eigenvalue weighted by Crippen LogP contribution is -2.18. The van der Waals surface area contributed by atoms with Crippen LogP contribution in [0.25, 0.3) is 11.3 Å². The van der Waals surface area contributed by atoms with Crippen molar-refractivity contribution in [1.29, 1.82) is 0 Å². The molecule has 2 aromatic rings. The van der Waals surface area contributed by atoms with E-state index in [1.807, 2.05) is 0 Å². The monoisotopic (exact) mass is 356 g/mol. The van der Waals surface area contributed by atoms with Gasteiger partial charge in [-0.15, -0.1) is 0 Å².